The van der Waals surface area contributed by atoms with Gasteiger partial charge in [-0.05, 0) is 18.6 Å². The summed E-state index contributed by atoms with van der Waals surface area (Å²) in [6.45, 7) is 5.65. The Bertz CT molecular complexity index is 326. The van der Waals surface area contributed by atoms with Gasteiger partial charge in [-0.2, -0.15) is 0 Å². The zero-order valence-corrected chi connectivity index (χ0v) is 9.22. The molecule has 0 unspecified atom stereocenters. The molecule has 1 saturated heterocycles. The van der Waals surface area contributed by atoms with Crippen LogP contribution in [0.15, 0.2) is 36.9 Å². The second-order valence-electron chi connectivity index (χ2n) is 3.57. The zero-order valence-electron chi connectivity index (χ0n) is 9.22. The van der Waals surface area contributed by atoms with E-state index in [1.807, 2.05) is 30.3 Å². The van der Waals surface area contributed by atoms with E-state index in [0.717, 1.165) is 17.7 Å². The Morgan fingerprint density at radius 2 is 1.94 bits per heavy atom. The van der Waals surface area contributed by atoms with Crippen molar-refractivity contribution >= 4 is 0 Å². The first-order valence-electron chi connectivity index (χ1n) is 5.47. The van der Waals surface area contributed by atoms with Crippen LogP contribution in [0.25, 0.3) is 0 Å². The fraction of sp³-hybridized carbons (Fsp3) is 0.385. The van der Waals surface area contributed by atoms with Crippen LogP contribution in [-0.2, 0) is 9.47 Å². The molecule has 0 spiro atoms. The van der Waals surface area contributed by atoms with E-state index in [0.29, 0.717) is 19.8 Å². The van der Waals surface area contributed by atoms with Crippen LogP contribution < -0.4 is 4.74 Å². The van der Waals surface area contributed by atoms with Crippen LogP contribution in [0.4, 0.5) is 0 Å². The van der Waals surface area contributed by atoms with Crippen molar-refractivity contribution in [2.24, 2.45) is 0 Å². The second-order valence-corrected chi connectivity index (χ2v) is 3.57. The fourth-order valence-corrected chi connectivity index (χ4v) is 1.53. The lowest BCUT2D eigenvalue weighted by Crippen LogP contribution is -1.99. The molecule has 0 amide bonds. The quantitative estimate of drug-likeness (QED) is 0.564. The third-order valence-electron chi connectivity index (χ3n) is 2.36. The summed E-state index contributed by atoms with van der Waals surface area (Å²) >= 11 is 0. The van der Waals surface area contributed by atoms with Crippen molar-refractivity contribution in [2.45, 2.75) is 12.7 Å². The van der Waals surface area contributed by atoms with Gasteiger partial charge in [0.2, 0.25) is 0 Å². The molecule has 16 heavy (non-hydrogen) atoms. The van der Waals surface area contributed by atoms with Crippen molar-refractivity contribution in [1.29, 1.82) is 0 Å². The molecule has 1 heterocycles. The minimum Gasteiger partial charge on any atom is -0.493 e. The maximum atomic E-state index is 5.51. The topological polar surface area (TPSA) is 27.7 Å². The number of ether oxygens (including phenoxy) is 3. The molecule has 0 aliphatic carbocycles. The molecule has 0 saturated carbocycles. The van der Waals surface area contributed by atoms with Gasteiger partial charge in [0.05, 0.1) is 19.8 Å². The van der Waals surface area contributed by atoms with Gasteiger partial charge in [0.1, 0.15) is 5.75 Å². The molecule has 0 aromatic heterocycles. The van der Waals surface area contributed by atoms with Gasteiger partial charge in [0.15, 0.2) is 6.29 Å². The lowest BCUT2D eigenvalue weighted by atomic mass is 10.2. The van der Waals surface area contributed by atoms with Crippen LogP contribution in [-0.4, -0.2) is 19.8 Å². The summed E-state index contributed by atoms with van der Waals surface area (Å²) < 4.78 is 16.3. The van der Waals surface area contributed by atoms with Gasteiger partial charge in [-0.3, -0.25) is 0 Å². The van der Waals surface area contributed by atoms with Gasteiger partial charge in [0, 0.05) is 5.56 Å². The van der Waals surface area contributed by atoms with Crippen molar-refractivity contribution in [2.75, 3.05) is 19.8 Å². The van der Waals surface area contributed by atoms with Crippen LogP contribution in [0.5, 0.6) is 5.75 Å². The second kappa shape index (κ2) is 5.68. The van der Waals surface area contributed by atoms with Gasteiger partial charge in [0.25, 0.3) is 0 Å². The van der Waals surface area contributed by atoms with Crippen molar-refractivity contribution in [3.05, 3.63) is 42.5 Å². The van der Waals surface area contributed by atoms with Crippen molar-refractivity contribution < 1.29 is 14.2 Å². The first kappa shape index (κ1) is 11.2. The molecular formula is C13H16O3. The summed E-state index contributed by atoms with van der Waals surface area (Å²) in [7, 11) is 0. The maximum Gasteiger partial charge on any atom is 0.184 e. The predicted octanol–water partition coefficient (Wildman–Crippen LogP) is 2.69. The largest absolute Gasteiger partial charge is 0.493 e. The summed E-state index contributed by atoms with van der Waals surface area (Å²) in [6, 6.07) is 7.81. The first-order valence-corrected chi connectivity index (χ1v) is 5.47. The Kier molecular flexibility index (Phi) is 3.97. The van der Waals surface area contributed by atoms with E-state index in [9.17, 15) is 0 Å². The molecule has 1 aromatic rings. The van der Waals surface area contributed by atoms with E-state index < -0.39 is 0 Å². The fourth-order valence-electron chi connectivity index (χ4n) is 1.53. The molecule has 1 aliphatic rings. The number of hydrogen-bond acceptors (Lipinski definition) is 3. The van der Waals surface area contributed by atoms with Gasteiger partial charge >= 0.3 is 0 Å². The Labute approximate surface area is 95.6 Å². The molecular weight excluding hydrogens is 204 g/mol. The molecule has 3 heteroatoms. The van der Waals surface area contributed by atoms with Crippen LogP contribution in [0.1, 0.15) is 18.3 Å². The van der Waals surface area contributed by atoms with Crippen molar-refractivity contribution in [3.8, 4) is 5.75 Å². The van der Waals surface area contributed by atoms with Gasteiger partial charge in [-0.1, -0.05) is 18.2 Å². The number of hydrogen-bond donors (Lipinski definition) is 0. The highest BCUT2D eigenvalue weighted by atomic mass is 16.7. The normalized spacial score (nSPS) is 16.2. The molecule has 0 atom stereocenters. The lowest BCUT2D eigenvalue weighted by Gasteiger charge is -2.10. The number of benzene rings is 1. The van der Waals surface area contributed by atoms with E-state index in [-0.39, 0.29) is 6.29 Å². The smallest absolute Gasteiger partial charge is 0.184 e. The van der Waals surface area contributed by atoms with Crippen LogP contribution in [0.3, 0.4) is 0 Å². The molecule has 1 aromatic carbocycles. The van der Waals surface area contributed by atoms with E-state index in [4.69, 9.17) is 14.2 Å². The first-order chi connectivity index (χ1) is 7.90. The Balaban J connectivity index is 1.90. The highest BCUT2D eigenvalue weighted by Crippen LogP contribution is 2.24. The maximum absolute atomic E-state index is 5.51. The predicted molar refractivity (Wildman–Crippen MR) is 61.4 cm³/mol. The summed E-state index contributed by atoms with van der Waals surface area (Å²) in [5, 5.41) is 0. The standard InChI is InChI=1S/C13H16O3/c1-2-3-8-14-12-6-4-11(5-7-12)13-15-9-10-16-13/h2,4-7,13H,1,3,8-10H2. The van der Waals surface area contributed by atoms with Gasteiger partial charge < -0.3 is 14.2 Å². The monoisotopic (exact) mass is 220 g/mol. The Morgan fingerprint density at radius 1 is 1.25 bits per heavy atom. The highest BCUT2D eigenvalue weighted by molar-refractivity contribution is 5.28. The third-order valence-corrected chi connectivity index (χ3v) is 2.36. The van der Waals surface area contributed by atoms with Gasteiger partial charge in [-0.15, -0.1) is 6.58 Å². The summed E-state index contributed by atoms with van der Waals surface area (Å²) in [6.07, 6.45) is 2.49. The number of rotatable bonds is 5. The minimum absolute atomic E-state index is 0.206. The third kappa shape index (κ3) is 2.84. The Hall–Kier alpha value is -1.32. The molecule has 86 valence electrons. The SMILES string of the molecule is C=CCCOc1ccc(C2OCCO2)cc1. The molecule has 3 nitrogen and oxygen atoms in total. The molecule has 1 aliphatic heterocycles. The summed E-state index contributed by atoms with van der Waals surface area (Å²) in [5.41, 5.74) is 1.04. The zero-order chi connectivity index (χ0) is 11.2. The van der Waals surface area contributed by atoms with E-state index in [1.165, 1.54) is 0 Å². The van der Waals surface area contributed by atoms with Crippen molar-refractivity contribution in [1.82, 2.24) is 0 Å². The molecule has 0 N–H and O–H groups in total. The van der Waals surface area contributed by atoms with Crippen molar-refractivity contribution in [3.63, 3.8) is 0 Å². The van der Waals surface area contributed by atoms with Crippen LogP contribution >= 0.6 is 0 Å². The van der Waals surface area contributed by atoms with E-state index >= 15 is 0 Å². The molecule has 0 bridgehead atoms. The van der Waals surface area contributed by atoms with Crippen LogP contribution in [0, 0.1) is 0 Å². The minimum atomic E-state index is -0.206. The molecule has 0 radical (unpaired) electrons. The van der Waals surface area contributed by atoms with Crippen LogP contribution in [0.2, 0.25) is 0 Å². The molecule has 1 fully saturated rings. The summed E-state index contributed by atoms with van der Waals surface area (Å²) in [5.74, 6) is 0.864. The highest BCUT2D eigenvalue weighted by Gasteiger charge is 2.17. The lowest BCUT2D eigenvalue weighted by molar-refractivity contribution is -0.0441. The average molecular weight is 220 g/mol. The average Bonchev–Trinajstić information content (AvgIpc) is 2.84. The summed E-state index contributed by atoms with van der Waals surface area (Å²) in [4.78, 5) is 0. The van der Waals surface area contributed by atoms with E-state index in [1.54, 1.807) is 0 Å². The molecule has 2 rings (SSSR count). The van der Waals surface area contributed by atoms with Gasteiger partial charge in [-0.25, -0.2) is 0 Å². The van der Waals surface area contributed by atoms with E-state index in [2.05, 4.69) is 6.58 Å². The Morgan fingerprint density at radius 3 is 2.56 bits per heavy atom.